The van der Waals surface area contributed by atoms with Crippen LogP contribution in [0.2, 0.25) is 5.02 Å². The molecule has 2 aromatic rings. The largest absolute Gasteiger partial charge is 0.495 e. The summed E-state index contributed by atoms with van der Waals surface area (Å²) in [6.07, 6.45) is 0.938. The molecule has 0 bridgehead atoms. The molecule has 7 nitrogen and oxygen atoms in total. The van der Waals surface area contributed by atoms with Gasteiger partial charge in [-0.05, 0) is 25.1 Å². The van der Waals surface area contributed by atoms with E-state index in [1.165, 1.54) is 51.5 Å². The zero-order chi connectivity index (χ0) is 21.1. The Hall–Kier alpha value is -2.52. The number of amides is 1. The highest BCUT2D eigenvalue weighted by Gasteiger charge is 2.30. The Morgan fingerprint density at radius 1 is 1.18 bits per heavy atom. The molecule has 2 aromatic carbocycles. The number of sulfonamides is 1. The average molecular weight is 431 g/mol. The molecule has 0 unspecified atom stereocenters. The van der Waals surface area contributed by atoms with Crippen molar-refractivity contribution in [2.45, 2.75) is 13.0 Å². The third-order valence-electron chi connectivity index (χ3n) is 3.88. The second kappa shape index (κ2) is 8.66. The van der Waals surface area contributed by atoms with E-state index in [0.29, 0.717) is 5.75 Å². The first kappa shape index (κ1) is 21.8. The molecule has 0 spiro atoms. The summed E-state index contributed by atoms with van der Waals surface area (Å²) in [5.41, 5.74) is 0.277. The predicted molar refractivity (Wildman–Crippen MR) is 106 cm³/mol. The Labute approximate surface area is 168 Å². The second-order valence-corrected chi connectivity index (χ2v) is 8.16. The maximum absolute atomic E-state index is 13.6. The van der Waals surface area contributed by atoms with E-state index in [4.69, 9.17) is 21.1 Å². The number of anilines is 2. The average Bonchev–Trinajstić information content (AvgIpc) is 2.61. The molecule has 2 rings (SSSR count). The Kier molecular flexibility index (Phi) is 6.73. The molecule has 1 atom stereocenters. The lowest BCUT2D eigenvalue weighted by Gasteiger charge is -2.28. The Morgan fingerprint density at radius 2 is 1.82 bits per heavy atom. The zero-order valence-electron chi connectivity index (χ0n) is 15.7. The molecule has 0 saturated carbocycles. The Bertz CT molecular complexity index is 984. The van der Waals surface area contributed by atoms with Gasteiger partial charge in [0.05, 0.1) is 36.9 Å². The minimum absolute atomic E-state index is 0.0331. The molecule has 28 heavy (non-hydrogen) atoms. The number of hydrogen-bond donors (Lipinski definition) is 1. The van der Waals surface area contributed by atoms with E-state index < -0.39 is 27.8 Å². The van der Waals surface area contributed by atoms with Gasteiger partial charge in [0, 0.05) is 12.1 Å². The van der Waals surface area contributed by atoms with Crippen LogP contribution < -0.4 is 19.1 Å². The number of carbonyl (C=O) groups excluding carboxylic acids is 1. The summed E-state index contributed by atoms with van der Waals surface area (Å²) in [7, 11) is -1.07. The summed E-state index contributed by atoms with van der Waals surface area (Å²) < 4.78 is 49.3. The number of methoxy groups -OCH3 is 2. The molecule has 1 N–H and O–H groups in total. The summed E-state index contributed by atoms with van der Waals surface area (Å²) in [5, 5.41) is 2.88. The number of nitrogens with one attached hydrogen (secondary N) is 1. The highest BCUT2D eigenvalue weighted by molar-refractivity contribution is 7.92. The van der Waals surface area contributed by atoms with Crippen molar-refractivity contribution in [2.24, 2.45) is 0 Å². The highest BCUT2D eigenvalue weighted by Crippen LogP contribution is 2.36. The molecule has 0 saturated heterocycles. The Balaban J connectivity index is 2.39. The number of benzene rings is 2. The van der Waals surface area contributed by atoms with E-state index in [1.54, 1.807) is 0 Å². The van der Waals surface area contributed by atoms with Gasteiger partial charge in [-0.15, -0.1) is 0 Å². The molecule has 0 aliphatic rings. The van der Waals surface area contributed by atoms with Crippen molar-refractivity contribution in [3.63, 3.8) is 0 Å². The van der Waals surface area contributed by atoms with Gasteiger partial charge in [-0.3, -0.25) is 9.10 Å². The number of rotatable bonds is 7. The molecule has 1 amide bonds. The first-order chi connectivity index (χ1) is 13.1. The molecular weight excluding hydrogens is 411 g/mol. The quantitative estimate of drug-likeness (QED) is 0.728. The minimum atomic E-state index is -3.88. The summed E-state index contributed by atoms with van der Waals surface area (Å²) in [5.74, 6) is -0.709. The lowest BCUT2D eigenvalue weighted by molar-refractivity contribution is -0.116. The van der Waals surface area contributed by atoms with E-state index in [2.05, 4.69) is 5.32 Å². The predicted octanol–water partition coefficient (Wildman–Crippen LogP) is 3.29. The van der Waals surface area contributed by atoms with Crippen LogP contribution in [0, 0.1) is 5.82 Å². The number of hydrogen-bond acceptors (Lipinski definition) is 5. The molecule has 0 aliphatic carbocycles. The van der Waals surface area contributed by atoms with Crippen LogP contribution in [-0.2, 0) is 14.8 Å². The van der Waals surface area contributed by atoms with Crippen LogP contribution in [0.3, 0.4) is 0 Å². The van der Waals surface area contributed by atoms with Gasteiger partial charge in [-0.2, -0.15) is 0 Å². The fourth-order valence-corrected chi connectivity index (χ4v) is 4.01. The zero-order valence-corrected chi connectivity index (χ0v) is 17.3. The van der Waals surface area contributed by atoms with Gasteiger partial charge in [0.15, 0.2) is 0 Å². The van der Waals surface area contributed by atoms with Gasteiger partial charge in [-0.1, -0.05) is 17.7 Å². The molecule has 0 aliphatic heterocycles. The molecule has 0 aromatic heterocycles. The van der Waals surface area contributed by atoms with E-state index in [9.17, 15) is 17.6 Å². The SMILES string of the molecule is COc1cc(NC(=O)[C@H](C)N(c2cccc(F)c2)S(C)(=O)=O)c(OC)cc1Cl. The molecule has 152 valence electrons. The summed E-state index contributed by atoms with van der Waals surface area (Å²) >= 11 is 6.04. The van der Waals surface area contributed by atoms with Gasteiger partial charge in [-0.25, -0.2) is 12.8 Å². The minimum Gasteiger partial charge on any atom is -0.495 e. The van der Waals surface area contributed by atoms with Crippen LogP contribution in [0.1, 0.15) is 6.92 Å². The molecule has 0 heterocycles. The number of carbonyl (C=O) groups is 1. The fraction of sp³-hybridized carbons (Fsp3) is 0.278. The Morgan fingerprint density at radius 3 is 2.36 bits per heavy atom. The third-order valence-corrected chi connectivity index (χ3v) is 5.42. The number of halogens is 2. The van der Waals surface area contributed by atoms with Crippen LogP contribution in [0.4, 0.5) is 15.8 Å². The lowest BCUT2D eigenvalue weighted by atomic mass is 10.2. The van der Waals surface area contributed by atoms with Crippen LogP contribution in [0.15, 0.2) is 36.4 Å². The monoisotopic (exact) mass is 430 g/mol. The van der Waals surface area contributed by atoms with E-state index >= 15 is 0 Å². The maximum atomic E-state index is 13.6. The normalized spacial score (nSPS) is 12.2. The van der Waals surface area contributed by atoms with Crippen molar-refractivity contribution in [1.29, 1.82) is 0 Å². The second-order valence-electron chi connectivity index (χ2n) is 5.89. The van der Waals surface area contributed by atoms with Crippen molar-refractivity contribution in [3.05, 3.63) is 47.2 Å². The van der Waals surface area contributed by atoms with Gasteiger partial charge in [0.1, 0.15) is 23.4 Å². The first-order valence-corrected chi connectivity index (χ1v) is 10.3. The van der Waals surface area contributed by atoms with Crippen molar-refractivity contribution >= 4 is 38.9 Å². The first-order valence-electron chi connectivity index (χ1n) is 8.05. The number of ether oxygens (including phenoxy) is 2. The van der Waals surface area contributed by atoms with Crippen molar-refractivity contribution < 1.29 is 27.1 Å². The van der Waals surface area contributed by atoms with Gasteiger partial charge in [0.25, 0.3) is 0 Å². The smallest absolute Gasteiger partial charge is 0.248 e. The van der Waals surface area contributed by atoms with Crippen molar-refractivity contribution in [2.75, 3.05) is 30.1 Å². The van der Waals surface area contributed by atoms with E-state index in [-0.39, 0.29) is 22.1 Å². The lowest BCUT2D eigenvalue weighted by Crippen LogP contribution is -2.45. The summed E-state index contributed by atoms with van der Waals surface area (Å²) in [6, 6.07) is 6.72. The highest BCUT2D eigenvalue weighted by atomic mass is 35.5. The summed E-state index contributed by atoms with van der Waals surface area (Å²) in [4.78, 5) is 12.8. The van der Waals surface area contributed by atoms with Crippen LogP contribution >= 0.6 is 11.6 Å². The molecule has 10 heteroatoms. The van der Waals surface area contributed by atoms with E-state index in [1.807, 2.05) is 0 Å². The van der Waals surface area contributed by atoms with E-state index in [0.717, 1.165) is 16.6 Å². The number of nitrogens with zero attached hydrogens (tertiary/aromatic N) is 1. The standard InChI is InChI=1S/C18H20ClFN2O5S/c1-11(22(28(4,24)25)13-7-5-6-12(20)8-13)18(23)21-15-10-16(26-2)14(19)9-17(15)27-3/h5-11H,1-4H3,(H,21,23)/t11-/m0/s1. The third kappa shape index (κ3) is 4.85. The topological polar surface area (TPSA) is 84.9 Å². The van der Waals surface area contributed by atoms with Crippen molar-refractivity contribution in [1.82, 2.24) is 0 Å². The van der Waals surface area contributed by atoms with Gasteiger partial charge < -0.3 is 14.8 Å². The van der Waals surface area contributed by atoms with Gasteiger partial charge >= 0.3 is 0 Å². The molecule has 0 fully saturated rings. The van der Waals surface area contributed by atoms with Gasteiger partial charge in [0.2, 0.25) is 15.9 Å². The molecular formula is C18H20ClFN2O5S. The summed E-state index contributed by atoms with van der Waals surface area (Å²) in [6.45, 7) is 1.39. The van der Waals surface area contributed by atoms with Crippen molar-refractivity contribution in [3.8, 4) is 11.5 Å². The van der Waals surface area contributed by atoms with Crippen LogP contribution in [0.25, 0.3) is 0 Å². The van der Waals surface area contributed by atoms with Crippen LogP contribution in [0.5, 0.6) is 11.5 Å². The maximum Gasteiger partial charge on any atom is 0.248 e. The fourth-order valence-electron chi connectivity index (χ4n) is 2.62. The van der Waals surface area contributed by atoms with Crippen LogP contribution in [-0.4, -0.2) is 40.8 Å². The molecule has 0 radical (unpaired) electrons.